The Morgan fingerprint density at radius 1 is 1.25 bits per heavy atom. The molecule has 1 aromatic carbocycles. The summed E-state index contributed by atoms with van der Waals surface area (Å²) in [6, 6.07) is 12.6. The van der Waals surface area contributed by atoms with Crippen LogP contribution in [0.25, 0.3) is 0 Å². The van der Waals surface area contributed by atoms with Gasteiger partial charge in [-0.1, -0.05) is 24.3 Å². The van der Waals surface area contributed by atoms with Crippen molar-refractivity contribution in [1.29, 1.82) is 10.5 Å². The van der Waals surface area contributed by atoms with Crippen LogP contribution in [0.2, 0.25) is 0 Å². The van der Waals surface area contributed by atoms with Crippen molar-refractivity contribution in [2.24, 2.45) is 0 Å². The number of amides is 1. The van der Waals surface area contributed by atoms with Crippen molar-refractivity contribution in [1.82, 2.24) is 9.80 Å². The molecular weight excluding hydrogens is 300 g/mol. The number of nitriles is 2. The molecule has 0 N–H and O–H groups in total. The average molecular weight is 324 g/mol. The van der Waals surface area contributed by atoms with Crippen LogP contribution < -0.4 is 0 Å². The fourth-order valence-electron chi connectivity index (χ4n) is 3.30. The van der Waals surface area contributed by atoms with E-state index < -0.39 is 0 Å². The number of nitrogens with zero attached hydrogens (tertiary/aromatic N) is 4. The van der Waals surface area contributed by atoms with Gasteiger partial charge in [0.25, 0.3) is 0 Å². The highest BCUT2D eigenvalue weighted by atomic mass is 16.2. The summed E-state index contributed by atoms with van der Waals surface area (Å²) in [5.41, 5.74) is 2.68. The van der Waals surface area contributed by atoms with Crippen LogP contribution in [0.3, 0.4) is 0 Å². The minimum Gasteiger partial charge on any atom is -0.340 e. The van der Waals surface area contributed by atoms with E-state index in [9.17, 15) is 4.79 Å². The summed E-state index contributed by atoms with van der Waals surface area (Å²) in [4.78, 5) is 16.3. The van der Waals surface area contributed by atoms with Crippen LogP contribution in [0.4, 0.5) is 0 Å². The van der Waals surface area contributed by atoms with Gasteiger partial charge < -0.3 is 4.90 Å². The molecule has 1 aliphatic heterocycles. The summed E-state index contributed by atoms with van der Waals surface area (Å²) in [7, 11) is 0. The lowest BCUT2D eigenvalue weighted by atomic mass is 9.94. The summed E-state index contributed by atoms with van der Waals surface area (Å²) >= 11 is 0. The average Bonchev–Trinajstić information content (AvgIpc) is 3.03. The Labute approximate surface area is 144 Å². The number of hydrogen-bond donors (Lipinski definition) is 0. The molecule has 5 nitrogen and oxygen atoms in total. The Hall–Kier alpha value is -2.37. The number of carbonyl (C=O) groups is 1. The van der Waals surface area contributed by atoms with Crippen LogP contribution in [0, 0.1) is 29.6 Å². The first-order chi connectivity index (χ1) is 11.7. The number of aryl methyl sites for hydroxylation is 1. The van der Waals surface area contributed by atoms with Crippen molar-refractivity contribution in [3.05, 3.63) is 35.4 Å². The maximum absolute atomic E-state index is 12.5. The van der Waals surface area contributed by atoms with Gasteiger partial charge in [-0.3, -0.25) is 9.69 Å². The molecule has 1 amide bonds. The van der Waals surface area contributed by atoms with E-state index in [1.165, 1.54) is 11.1 Å². The molecule has 5 heteroatoms. The molecule has 1 atom stereocenters. The predicted octanol–water partition coefficient (Wildman–Crippen LogP) is 2.44. The van der Waals surface area contributed by atoms with Crippen LogP contribution in [-0.4, -0.2) is 48.4 Å². The molecule has 0 unspecified atom stereocenters. The molecule has 0 bridgehead atoms. The lowest BCUT2D eigenvalue weighted by Crippen LogP contribution is -2.40. The molecule has 0 aliphatic carbocycles. The lowest BCUT2D eigenvalue weighted by molar-refractivity contribution is -0.132. The predicted molar refractivity (Wildman–Crippen MR) is 92.0 cm³/mol. The van der Waals surface area contributed by atoms with Crippen molar-refractivity contribution in [3.8, 4) is 12.1 Å². The van der Waals surface area contributed by atoms with E-state index in [-0.39, 0.29) is 5.91 Å². The quantitative estimate of drug-likeness (QED) is 0.772. The zero-order chi connectivity index (χ0) is 17.4. The third kappa shape index (κ3) is 4.81. The molecule has 1 aromatic rings. The smallest absolute Gasteiger partial charge is 0.236 e. The van der Waals surface area contributed by atoms with E-state index in [0.29, 0.717) is 38.4 Å². The molecule has 24 heavy (non-hydrogen) atoms. The van der Waals surface area contributed by atoms with Gasteiger partial charge in [0.15, 0.2) is 0 Å². The van der Waals surface area contributed by atoms with E-state index in [0.717, 1.165) is 19.5 Å². The van der Waals surface area contributed by atoms with Crippen molar-refractivity contribution in [2.45, 2.75) is 32.1 Å². The van der Waals surface area contributed by atoms with E-state index in [1.807, 2.05) is 0 Å². The van der Waals surface area contributed by atoms with Crippen LogP contribution in [0.15, 0.2) is 24.3 Å². The Bertz CT molecular complexity index is 626. The summed E-state index contributed by atoms with van der Waals surface area (Å²) < 4.78 is 0. The summed E-state index contributed by atoms with van der Waals surface area (Å²) in [5.74, 6) is 0.497. The lowest BCUT2D eigenvalue weighted by Gasteiger charge is -2.24. The van der Waals surface area contributed by atoms with Gasteiger partial charge in [-0.2, -0.15) is 10.5 Å². The molecule has 0 aromatic heterocycles. The second-order valence-corrected chi connectivity index (χ2v) is 6.27. The van der Waals surface area contributed by atoms with Crippen molar-refractivity contribution < 1.29 is 4.79 Å². The molecule has 126 valence electrons. The first kappa shape index (κ1) is 18.0. The first-order valence-corrected chi connectivity index (χ1v) is 8.45. The number of likely N-dealkylation sites (tertiary alicyclic amines) is 1. The topological polar surface area (TPSA) is 71.1 Å². The second-order valence-electron chi connectivity index (χ2n) is 6.27. The number of hydrogen-bond acceptors (Lipinski definition) is 4. The molecular formula is C19H24N4O. The SMILES string of the molecule is Cc1ccccc1[C@H]1CCN(CC(=O)N(CCC#N)CCC#N)C1. The Balaban J connectivity index is 1.91. The standard InChI is InChI=1S/C19H24N4O/c1-16-6-2-3-7-18(16)17-8-13-22(14-17)15-19(24)23(11-4-9-20)12-5-10-21/h2-3,6-7,17H,4-5,8,11-15H2,1H3/t17-/m0/s1. The van der Waals surface area contributed by atoms with Gasteiger partial charge in [-0.15, -0.1) is 0 Å². The molecule has 1 aliphatic rings. The summed E-state index contributed by atoms with van der Waals surface area (Å²) in [6.07, 6.45) is 1.68. The molecule has 1 saturated heterocycles. The third-order valence-corrected chi connectivity index (χ3v) is 4.60. The summed E-state index contributed by atoms with van der Waals surface area (Å²) in [5, 5.41) is 17.5. The first-order valence-electron chi connectivity index (χ1n) is 8.45. The van der Waals surface area contributed by atoms with Gasteiger partial charge in [0, 0.05) is 19.6 Å². The van der Waals surface area contributed by atoms with Gasteiger partial charge >= 0.3 is 0 Å². The minimum atomic E-state index is 0.0194. The normalized spacial score (nSPS) is 17.2. The maximum atomic E-state index is 12.5. The van der Waals surface area contributed by atoms with E-state index in [1.54, 1.807) is 4.90 Å². The molecule has 1 heterocycles. The molecule has 2 rings (SSSR count). The van der Waals surface area contributed by atoms with Gasteiger partial charge in [0.1, 0.15) is 0 Å². The van der Waals surface area contributed by atoms with Gasteiger partial charge in [-0.05, 0) is 36.9 Å². The Morgan fingerprint density at radius 2 is 1.92 bits per heavy atom. The van der Waals surface area contributed by atoms with Crippen LogP contribution in [-0.2, 0) is 4.79 Å². The van der Waals surface area contributed by atoms with Crippen molar-refractivity contribution >= 4 is 5.91 Å². The number of benzene rings is 1. The molecule has 1 fully saturated rings. The van der Waals surface area contributed by atoms with E-state index >= 15 is 0 Å². The molecule has 0 radical (unpaired) electrons. The largest absolute Gasteiger partial charge is 0.340 e. The molecule has 0 saturated carbocycles. The van der Waals surface area contributed by atoms with Crippen molar-refractivity contribution in [2.75, 3.05) is 32.7 Å². The maximum Gasteiger partial charge on any atom is 0.236 e. The van der Waals surface area contributed by atoms with Gasteiger partial charge in [-0.25, -0.2) is 0 Å². The fourth-order valence-corrected chi connectivity index (χ4v) is 3.30. The monoisotopic (exact) mass is 324 g/mol. The zero-order valence-electron chi connectivity index (χ0n) is 14.2. The highest BCUT2D eigenvalue weighted by Crippen LogP contribution is 2.29. The minimum absolute atomic E-state index is 0.0194. The van der Waals surface area contributed by atoms with Crippen molar-refractivity contribution in [3.63, 3.8) is 0 Å². The Morgan fingerprint density at radius 3 is 2.54 bits per heavy atom. The van der Waals surface area contributed by atoms with Crippen LogP contribution >= 0.6 is 0 Å². The van der Waals surface area contributed by atoms with Gasteiger partial charge in [0.2, 0.25) is 5.91 Å². The van der Waals surface area contributed by atoms with Crippen LogP contribution in [0.1, 0.15) is 36.3 Å². The number of rotatable bonds is 7. The van der Waals surface area contributed by atoms with E-state index in [2.05, 4.69) is 48.2 Å². The Kier molecular flexibility index (Phi) is 6.78. The van der Waals surface area contributed by atoms with E-state index in [4.69, 9.17) is 10.5 Å². The third-order valence-electron chi connectivity index (χ3n) is 4.60. The molecule has 0 spiro atoms. The zero-order valence-corrected chi connectivity index (χ0v) is 14.2. The number of carbonyl (C=O) groups excluding carboxylic acids is 1. The van der Waals surface area contributed by atoms with Gasteiger partial charge in [0.05, 0.1) is 31.5 Å². The summed E-state index contributed by atoms with van der Waals surface area (Å²) in [6.45, 7) is 5.13. The highest BCUT2D eigenvalue weighted by molar-refractivity contribution is 5.78. The second kappa shape index (κ2) is 9.05. The van der Waals surface area contributed by atoms with Crippen LogP contribution in [0.5, 0.6) is 0 Å². The highest BCUT2D eigenvalue weighted by Gasteiger charge is 2.27. The fraction of sp³-hybridized carbons (Fsp3) is 0.526.